The number of hydrogen-bond acceptors (Lipinski definition) is 4. The second-order valence-corrected chi connectivity index (χ2v) is 6.43. The molecule has 1 N–H and O–H groups in total. The van der Waals surface area contributed by atoms with Crippen molar-refractivity contribution in [3.63, 3.8) is 0 Å². The molecule has 1 aliphatic rings. The Morgan fingerprint density at radius 2 is 2.00 bits per heavy atom. The van der Waals surface area contributed by atoms with Crippen molar-refractivity contribution < 1.29 is 4.39 Å². The van der Waals surface area contributed by atoms with Gasteiger partial charge in [-0.25, -0.2) is 9.37 Å². The summed E-state index contributed by atoms with van der Waals surface area (Å²) >= 11 is 9.29. The Morgan fingerprint density at radius 3 is 2.73 bits per heavy atom. The molecule has 1 aromatic heterocycles. The molecular formula is C15H15BrClFN4. The zero-order chi connectivity index (χ0) is 15.5. The van der Waals surface area contributed by atoms with Gasteiger partial charge in [-0.1, -0.05) is 11.6 Å². The Balaban J connectivity index is 1.83. The van der Waals surface area contributed by atoms with Crippen molar-refractivity contribution in [2.45, 2.75) is 19.3 Å². The molecular weight excluding hydrogens is 371 g/mol. The number of nitrogens with one attached hydrogen (secondary N) is 1. The standard InChI is InChI=1S/C15H15BrClFN4/c16-11-9-19-15(20-10-4-5-13(18)12(17)8-10)21-14(11)22-6-2-1-3-7-22/h4-5,8-9H,1-3,6-7H2,(H,19,20,21). The van der Waals surface area contributed by atoms with Gasteiger partial charge in [-0.15, -0.1) is 0 Å². The lowest BCUT2D eigenvalue weighted by Gasteiger charge is -2.28. The Kier molecular flexibility index (Phi) is 4.78. The van der Waals surface area contributed by atoms with Gasteiger partial charge in [0.25, 0.3) is 0 Å². The lowest BCUT2D eigenvalue weighted by atomic mass is 10.1. The van der Waals surface area contributed by atoms with Crippen LogP contribution < -0.4 is 10.2 Å². The monoisotopic (exact) mass is 384 g/mol. The molecule has 2 aromatic rings. The van der Waals surface area contributed by atoms with Crippen molar-refractivity contribution in [3.8, 4) is 0 Å². The van der Waals surface area contributed by atoms with E-state index in [1.54, 1.807) is 12.3 Å². The summed E-state index contributed by atoms with van der Waals surface area (Å²) in [6, 6.07) is 4.44. The Labute approximate surface area is 141 Å². The van der Waals surface area contributed by atoms with E-state index in [4.69, 9.17) is 11.6 Å². The second kappa shape index (κ2) is 6.79. The lowest BCUT2D eigenvalue weighted by Crippen LogP contribution is -2.30. The summed E-state index contributed by atoms with van der Waals surface area (Å²) in [6.45, 7) is 1.99. The van der Waals surface area contributed by atoms with Crippen LogP contribution in [0.3, 0.4) is 0 Å². The number of nitrogens with zero attached hydrogens (tertiary/aromatic N) is 3. The summed E-state index contributed by atoms with van der Waals surface area (Å²) < 4.78 is 14.1. The maximum atomic E-state index is 13.2. The summed E-state index contributed by atoms with van der Waals surface area (Å²) in [7, 11) is 0. The Hall–Kier alpha value is -1.40. The largest absolute Gasteiger partial charge is 0.356 e. The minimum absolute atomic E-state index is 0.0679. The summed E-state index contributed by atoms with van der Waals surface area (Å²) in [5.41, 5.74) is 0.651. The van der Waals surface area contributed by atoms with Crippen LogP contribution in [0.1, 0.15) is 19.3 Å². The summed E-state index contributed by atoms with van der Waals surface area (Å²) in [5.74, 6) is 0.898. The van der Waals surface area contributed by atoms with Gasteiger partial charge < -0.3 is 10.2 Å². The number of aromatic nitrogens is 2. The molecule has 0 spiro atoms. The van der Waals surface area contributed by atoms with E-state index in [9.17, 15) is 4.39 Å². The molecule has 0 unspecified atom stereocenters. The molecule has 2 heterocycles. The molecule has 0 radical (unpaired) electrons. The van der Waals surface area contributed by atoms with Crippen LogP contribution in [0.4, 0.5) is 21.8 Å². The predicted octanol–water partition coefficient (Wildman–Crippen LogP) is 4.77. The molecule has 0 atom stereocenters. The quantitative estimate of drug-likeness (QED) is 0.826. The van der Waals surface area contributed by atoms with E-state index in [1.165, 1.54) is 31.4 Å². The maximum absolute atomic E-state index is 13.2. The number of hydrogen-bond donors (Lipinski definition) is 1. The van der Waals surface area contributed by atoms with Crippen molar-refractivity contribution in [2.24, 2.45) is 0 Å². The molecule has 1 saturated heterocycles. The third-order valence-electron chi connectivity index (χ3n) is 3.56. The molecule has 1 aliphatic heterocycles. The van der Waals surface area contributed by atoms with Crippen molar-refractivity contribution in [3.05, 3.63) is 39.7 Å². The van der Waals surface area contributed by atoms with Crippen LogP contribution in [0.25, 0.3) is 0 Å². The zero-order valence-corrected chi connectivity index (χ0v) is 14.2. The van der Waals surface area contributed by atoms with E-state index in [0.717, 1.165) is 23.4 Å². The van der Waals surface area contributed by atoms with Gasteiger partial charge >= 0.3 is 0 Å². The number of halogens is 3. The van der Waals surface area contributed by atoms with Crippen LogP contribution >= 0.6 is 27.5 Å². The molecule has 1 aromatic carbocycles. The fourth-order valence-electron chi connectivity index (χ4n) is 2.45. The van der Waals surface area contributed by atoms with Crippen molar-refractivity contribution >= 4 is 45.0 Å². The first-order chi connectivity index (χ1) is 10.6. The topological polar surface area (TPSA) is 41.1 Å². The van der Waals surface area contributed by atoms with Gasteiger partial charge in [0.15, 0.2) is 0 Å². The molecule has 0 saturated carbocycles. The molecule has 116 valence electrons. The van der Waals surface area contributed by atoms with Gasteiger partial charge in [0.2, 0.25) is 5.95 Å². The fraction of sp³-hybridized carbons (Fsp3) is 0.333. The molecule has 0 aliphatic carbocycles. The summed E-state index contributed by atoms with van der Waals surface area (Å²) in [4.78, 5) is 11.1. The number of benzene rings is 1. The zero-order valence-electron chi connectivity index (χ0n) is 11.8. The number of rotatable bonds is 3. The average molecular weight is 386 g/mol. The van der Waals surface area contributed by atoms with E-state index in [1.807, 2.05) is 0 Å². The highest BCUT2D eigenvalue weighted by Gasteiger charge is 2.16. The van der Waals surface area contributed by atoms with Crippen LogP contribution in [-0.4, -0.2) is 23.1 Å². The van der Waals surface area contributed by atoms with E-state index in [0.29, 0.717) is 11.6 Å². The van der Waals surface area contributed by atoms with Gasteiger partial charge in [0.1, 0.15) is 11.6 Å². The first-order valence-corrected chi connectivity index (χ1v) is 8.30. The van der Waals surface area contributed by atoms with E-state index in [-0.39, 0.29) is 5.02 Å². The Bertz CT molecular complexity index is 677. The van der Waals surface area contributed by atoms with Crippen molar-refractivity contribution in [1.82, 2.24) is 9.97 Å². The molecule has 4 nitrogen and oxygen atoms in total. The van der Waals surface area contributed by atoms with E-state index in [2.05, 4.69) is 36.1 Å². The van der Waals surface area contributed by atoms with E-state index < -0.39 is 5.82 Å². The fourth-order valence-corrected chi connectivity index (χ4v) is 3.07. The molecule has 22 heavy (non-hydrogen) atoms. The highest BCUT2D eigenvalue weighted by molar-refractivity contribution is 9.10. The number of anilines is 3. The summed E-state index contributed by atoms with van der Waals surface area (Å²) in [5, 5.41) is 3.13. The summed E-state index contributed by atoms with van der Waals surface area (Å²) in [6.07, 6.45) is 5.34. The maximum Gasteiger partial charge on any atom is 0.229 e. The minimum atomic E-state index is -0.446. The SMILES string of the molecule is Fc1ccc(Nc2ncc(Br)c(N3CCCCC3)n2)cc1Cl. The number of piperidine rings is 1. The molecule has 0 amide bonds. The highest BCUT2D eigenvalue weighted by atomic mass is 79.9. The van der Waals surface area contributed by atoms with Gasteiger partial charge in [0, 0.05) is 25.0 Å². The molecule has 0 bridgehead atoms. The first-order valence-electron chi connectivity index (χ1n) is 7.13. The second-order valence-electron chi connectivity index (χ2n) is 5.17. The van der Waals surface area contributed by atoms with Crippen LogP contribution in [0, 0.1) is 5.82 Å². The smallest absolute Gasteiger partial charge is 0.229 e. The van der Waals surface area contributed by atoms with Gasteiger partial charge in [-0.2, -0.15) is 4.98 Å². The average Bonchev–Trinajstić information content (AvgIpc) is 2.54. The first kappa shape index (κ1) is 15.5. The van der Waals surface area contributed by atoms with Gasteiger partial charge in [-0.05, 0) is 53.4 Å². The molecule has 1 fully saturated rings. The molecule has 7 heteroatoms. The van der Waals surface area contributed by atoms with Crippen LogP contribution in [0.2, 0.25) is 5.02 Å². The van der Waals surface area contributed by atoms with Gasteiger partial charge in [-0.3, -0.25) is 0 Å². The predicted molar refractivity (Wildman–Crippen MR) is 90.5 cm³/mol. The lowest BCUT2D eigenvalue weighted by molar-refractivity contribution is 0.572. The minimum Gasteiger partial charge on any atom is -0.356 e. The third kappa shape index (κ3) is 3.50. The highest BCUT2D eigenvalue weighted by Crippen LogP contribution is 2.28. The third-order valence-corrected chi connectivity index (χ3v) is 4.41. The van der Waals surface area contributed by atoms with E-state index >= 15 is 0 Å². The van der Waals surface area contributed by atoms with Gasteiger partial charge in [0.05, 0.1) is 9.50 Å². The van der Waals surface area contributed by atoms with Crippen LogP contribution in [0.15, 0.2) is 28.9 Å². The van der Waals surface area contributed by atoms with Crippen molar-refractivity contribution in [1.29, 1.82) is 0 Å². The van der Waals surface area contributed by atoms with Crippen LogP contribution in [0.5, 0.6) is 0 Å². The normalized spacial score (nSPS) is 15.0. The van der Waals surface area contributed by atoms with Crippen LogP contribution in [-0.2, 0) is 0 Å². The van der Waals surface area contributed by atoms with Crippen molar-refractivity contribution in [2.75, 3.05) is 23.3 Å². The molecule has 3 rings (SSSR count). The Morgan fingerprint density at radius 1 is 1.23 bits per heavy atom.